The molecular formula is C16H22NP. The first-order valence-electron chi connectivity index (χ1n) is 6.11. The lowest BCUT2D eigenvalue weighted by Gasteiger charge is -2.18. The van der Waals surface area contributed by atoms with Crippen LogP contribution >= 0.6 is 9.39 Å². The predicted octanol–water partition coefficient (Wildman–Crippen LogP) is 4.87. The Bertz CT molecular complexity index is 402. The van der Waals surface area contributed by atoms with E-state index in [0.29, 0.717) is 0 Å². The van der Waals surface area contributed by atoms with Gasteiger partial charge in [0.05, 0.1) is 0 Å². The van der Waals surface area contributed by atoms with Crippen LogP contribution in [0.15, 0.2) is 60.7 Å². The summed E-state index contributed by atoms with van der Waals surface area (Å²) in [6, 6.07) is 20.5. The summed E-state index contributed by atoms with van der Waals surface area (Å²) < 4.78 is 0. The van der Waals surface area contributed by atoms with Crippen LogP contribution in [-0.2, 0) is 5.41 Å². The largest absolute Gasteiger partial charge is 0.369 e. The third kappa shape index (κ3) is 5.33. The molecule has 1 atom stereocenters. The topological polar surface area (TPSA) is 12.0 Å². The number of hydrogen-bond acceptors (Lipinski definition) is 1. The molecular weight excluding hydrogens is 237 g/mol. The van der Waals surface area contributed by atoms with Crippen molar-refractivity contribution in [2.75, 3.05) is 5.09 Å². The molecule has 0 radical (unpaired) electrons. The monoisotopic (exact) mass is 259 g/mol. The van der Waals surface area contributed by atoms with Gasteiger partial charge in [-0.2, -0.15) is 0 Å². The molecule has 2 heteroatoms. The quantitative estimate of drug-likeness (QED) is 0.720. The van der Waals surface area contributed by atoms with Crippen molar-refractivity contribution in [2.24, 2.45) is 0 Å². The second kappa shape index (κ2) is 7.18. The second-order valence-corrected chi connectivity index (χ2v) is 5.42. The lowest BCUT2D eigenvalue weighted by molar-refractivity contribution is 0.590. The van der Waals surface area contributed by atoms with Crippen LogP contribution in [0, 0.1) is 0 Å². The van der Waals surface area contributed by atoms with Crippen LogP contribution in [0.5, 0.6) is 0 Å². The third-order valence-electron chi connectivity index (χ3n) is 2.58. The van der Waals surface area contributed by atoms with Crippen molar-refractivity contribution in [2.45, 2.75) is 26.2 Å². The average Bonchev–Trinajstić information content (AvgIpc) is 2.40. The van der Waals surface area contributed by atoms with Gasteiger partial charge in [-0.25, -0.2) is 0 Å². The molecule has 2 aromatic rings. The van der Waals surface area contributed by atoms with Gasteiger partial charge in [-0.05, 0) is 32.5 Å². The minimum Gasteiger partial charge on any atom is -0.369 e. The highest BCUT2D eigenvalue weighted by Gasteiger charge is 2.12. The molecule has 0 aliphatic heterocycles. The molecule has 0 aromatic heterocycles. The zero-order valence-corrected chi connectivity index (χ0v) is 12.5. The Kier molecular flexibility index (Phi) is 5.88. The van der Waals surface area contributed by atoms with Crippen molar-refractivity contribution >= 4 is 15.1 Å². The fraction of sp³-hybridized carbons (Fsp3) is 0.250. The Morgan fingerprint density at radius 3 is 1.44 bits per heavy atom. The molecule has 1 nitrogen and oxygen atoms in total. The van der Waals surface area contributed by atoms with Gasteiger partial charge >= 0.3 is 0 Å². The molecule has 0 aliphatic rings. The van der Waals surface area contributed by atoms with E-state index in [-0.39, 0.29) is 5.41 Å². The molecule has 0 aliphatic carbocycles. The van der Waals surface area contributed by atoms with E-state index in [0.717, 1.165) is 5.69 Å². The van der Waals surface area contributed by atoms with Crippen LogP contribution in [0.1, 0.15) is 26.3 Å². The zero-order valence-electron chi connectivity index (χ0n) is 11.4. The zero-order chi connectivity index (χ0) is 13.4. The van der Waals surface area contributed by atoms with E-state index in [2.05, 4.69) is 59.5 Å². The summed E-state index contributed by atoms with van der Waals surface area (Å²) in [4.78, 5) is 0. The summed E-state index contributed by atoms with van der Waals surface area (Å²) in [6.45, 7) is 6.66. The van der Waals surface area contributed by atoms with Crippen molar-refractivity contribution in [1.29, 1.82) is 0 Å². The van der Waals surface area contributed by atoms with Crippen LogP contribution in [0.25, 0.3) is 0 Å². The van der Waals surface area contributed by atoms with Crippen molar-refractivity contribution in [3.8, 4) is 0 Å². The van der Waals surface area contributed by atoms with Crippen LogP contribution in [0.4, 0.5) is 5.69 Å². The van der Waals surface area contributed by atoms with E-state index in [1.54, 1.807) is 0 Å². The molecule has 18 heavy (non-hydrogen) atoms. The van der Waals surface area contributed by atoms with Crippen LogP contribution in [0.2, 0.25) is 0 Å². The van der Waals surface area contributed by atoms with E-state index < -0.39 is 0 Å². The molecule has 0 amide bonds. The van der Waals surface area contributed by atoms with Crippen LogP contribution in [-0.4, -0.2) is 0 Å². The van der Waals surface area contributed by atoms with E-state index in [9.17, 15) is 0 Å². The first-order valence-corrected chi connectivity index (χ1v) is 6.69. The van der Waals surface area contributed by atoms with Crippen molar-refractivity contribution < 1.29 is 0 Å². The molecule has 0 saturated heterocycles. The summed E-state index contributed by atoms with van der Waals surface area (Å²) in [5, 5.41) is 3.02. The van der Waals surface area contributed by atoms with Crippen LogP contribution < -0.4 is 5.09 Å². The molecule has 0 bridgehead atoms. The highest BCUT2D eigenvalue weighted by molar-refractivity contribution is 7.18. The highest BCUT2D eigenvalue weighted by atomic mass is 31.0. The Labute approximate surface area is 113 Å². The van der Waals surface area contributed by atoms with Gasteiger partial charge in [0.2, 0.25) is 0 Å². The number of nitrogens with one attached hydrogen (secondary N) is 1. The van der Waals surface area contributed by atoms with E-state index in [1.165, 1.54) is 5.56 Å². The Hall–Kier alpha value is -1.33. The minimum atomic E-state index is 0.249. The van der Waals surface area contributed by atoms with Gasteiger partial charge in [0.1, 0.15) is 0 Å². The summed E-state index contributed by atoms with van der Waals surface area (Å²) >= 11 is 0. The third-order valence-corrected chi connectivity index (χ3v) is 2.92. The van der Waals surface area contributed by atoms with Gasteiger partial charge < -0.3 is 5.09 Å². The molecule has 1 N–H and O–H groups in total. The number of hydrogen-bond donors (Lipinski definition) is 1. The van der Waals surface area contributed by atoms with Crippen molar-refractivity contribution in [1.82, 2.24) is 0 Å². The molecule has 0 fully saturated rings. The van der Waals surface area contributed by atoms with Gasteiger partial charge in [0.15, 0.2) is 0 Å². The minimum absolute atomic E-state index is 0.249. The maximum absolute atomic E-state index is 3.02. The van der Waals surface area contributed by atoms with Gasteiger partial charge in [-0.1, -0.05) is 69.3 Å². The molecule has 1 unspecified atom stereocenters. The molecule has 0 heterocycles. The first-order chi connectivity index (χ1) is 8.54. The average molecular weight is 259 g/mol. The maximum Gasteiger partial charge on any atom is 0.0368 e. The normalized spacial score (nSPS) is 10.2. The summed E-state index contributed by atoms with van der Waals surface area (Å²) in [5.41, 5.74) is 2.75. The second-order valence-electron chi connectivity index (χ2n) is 5.13. The lowest BCUT2D eigenvalue weighted by atomic mass is 9.87. The Morgan fingerprint density at radius 2 is 1.17 bits per heavy atom. The SMILES string of the molecule is CC(C)(C)c1ccc(NP)cc1.c1ccccc1. The molecule has 0 saturated carbocycles. The molecule has 0 spiro atoms. The molecule has 2 rings (SSSR count). The van der Waals surface area contributed by atoms with Crippen molar-refractivity contribution in [3.05, 3.63) is 66.2 Å². The number of rotatable bonds is 1. The Morgan fingerprint density at radius 1 is 0.778 bits per heavy atom. The predicted molar refractivity (Wildman–Crippen MR) is 84.9 cm³/mol. The summed E-state index contributed by atoms with van der Waals surface area (Å²) in [5.74, 6) is 0. The van der Waals surface area contributed by atoms with Gasteiger partial charge in [0.25, 0.3) is 0 Å². The fourth-order valence-corrected chi connectivity index (χ4v) is 1.64. The number of anilines is 1. The standard InChI is InChI=1S/C10H16NP.C6H6/c1-10(2,3)8-4-6-9(11-12)7-5-8;1-2-4-6-5-3-1/h4-7,11H,12H2,1-3H3;1-6H. The van der Waals surface area contributed by atoms with Crippen LogP contribution in [0.3, 0.4) is 0 Å². The van der Waals surface area contributed by atoms with Crippen molar-refractivity contribution in [3.63, 3.8) is 0 Å². The van der Waals surface area contributed by atoms with Gasteiger partial charge in [-0.15, -0.1) is 0 Å². The lowest BCUT2D eigenvalue weighted by Crippen LogP contribution is -2.10. The maximum atomic E-state index is 3.02. The van der Waals surface area contributed by atoms with Gasteiger partial charge in [-0.3, -0.25) is 0 Å². The van der Waals surface area contributed by atoms with Gasteiger partial charge in [0, 0.05) is 5.69 Å². The summed E-state index contributed by atoms with van der Waals surface area (Å²) in [7, 11) is 2.49. The molecule has 2 aromatic carbocycles. The smallest absolute Gasteiger partial charge is 0.0368 e. The fourth-order valence-electron chi connectivity index (χ4n) is 1.45. The Balaban J connectivity index is 0.000000225. The first kappa shape index (κ1) is 14.7. The number of benzene rings is 2. The highest BCUT2D eigenvalue weighted by Crippen LogP contribution is 2.23. The molecule has 96 valence electrons. The van der Waals surface area contributed by atoms with E-state index in [4.69, 9.17) is 0 Å². The van der Waals surface area contributed by atoms with E-state index >= 15 is 0 Å². The summed E-state index contributed by atoms with van der Waals surface area (Å²) in [6.07, 6.45) is 0. The van der Waals surface area contributed by atoms with E-state index in [1.807, 2.05) is 36.4 Å².